The topological polar surface area (TPSA) is 75.8 Å². The predicted molar refractivity (Wildman–Crippen MR) is 93.3 cm³/mol. The standard InChI is InChI=1S/C19H32N2O3/c1-19(2)15-4-3-14(17(19)9-15)11-24-12-16(22)10-21-7-5-13(6-8-21)18(20)23/h3,13,15-17,22H,4-12H2,1-2H3,(H2,20,23). The molecule has 1 heterocycles. The highest BCUT2D eigenvalue weighted by molar-refractivity contribution is 5.76. The predicted octanol–water partition coefficient (Wildman–Crippen LogP) is 1.55. The third-order valence-electron chi connectivity index (χ3n) is 6.62. The number of primary amides is 1. The van der Waals surface area contributed by atoms with Gasteiger partial charge in [0.2, 0.25) is 5.91 Å². The number of hydrogen-bond acceptors (Lipinski definition) is 4. The van der Waals surface area contributed by atoms with E-state index in [9.17, 15) is 9.90 Å². The van der Waals surface area contributed by atoms with E-state index in [1.165, 1.54) is 18.4 Å². The minimum Gasteiger partial charge on any atom is -0.389 e. The van der Waals surface area contributed by atoms with E-state index < -0.39 is 6.10 Å². The second kappa shape index (κ2) is 7.14. The second-order valence-electron chi connectivity index (χ2n) is 8.47. The number of carbonyl (C=O) groups is 1. The molecule has 3 unspecified atom stereocenters. The van der Waals surface area contributed by atoms with Crippen molar-refractivity contribution in [3.8, 4) is 0 Å². The lowest BCUT2D eigenvalue weighted by Crippen LogP contribution is -2.48. The van der Waals surface area contributed by atoms with Crippen molar-refractivity contribution >= 4 is 5.91 Å². The Morgan fingerprint density at radius 3 is 2.75 bits per heavy atom. The fourth-order valence-corrected chi connectivity index (χ4v) is 4.70. The fourth-order valence-electron chi connectivity index (χ4n) is 4.70. The molecule has 3 aliphatic carbocycles. The molecular formula is C19H32N2O3. The number of aliphatic hydroxyl groups is 1. The smallest absolute Gasteiger partial charge is 0.220 e. The number of rotatable bonds is 7. The van der Waals surface area contributed by atoms with E-state index in [0.717, 1.165) is 31.8 Å². The third kappa shape index (κ3) is 3.68. The molecule has 2 fully saturated rings. The van der Waals surface area contributed by atoms with Crippen LogP contribution in [0.3, 0.4) is 0 Å². The Hall–Kier alpha value is -0.910. The van der Waals surface area contributed by atoms with Gasteiger partial charge < -0.3 is 20.5 Å². The van der Waals surface area contributed by atoms with Crippen LogP contribution in [0.15, 0.2) is 11.6 Å². The molecule has 136 valence electrons. The van der Waals surface area contributed by atoms with Crippen LogP contribution in [-0.4, -0.2) is 54.9 Å². The SMILES string of the molecule is CC1(C)C2CC=C(COCC(O)CN3CCC(C(N)=O)CC3)C1C2. The van der Waals surface area contributed by atoms with Gasteiger partial charge in [-0.3, -0.25) is 4.79 Å². The maximum atomic E-state index is 11.2. The highest BCUT2D eigenvalue weighted by Crippen LogP contribution is 2.59. The summed E-state index contributed by atoms with van der Waals surface area (Å²) in [6.07, 6.45) is 5.97. The van der Waals surface area contributed by atoms with E-state index in [0.29, 0.717) is 31.1 Å². The van der Waals surface area contributed by atoms with Gasteiger partial charge in [-0.1, -0.05) is 19.9 Å². The van der Waals surface area contributed by atoms with Crippen LogP contribution in [0.2, 0.25) is 0 Å². The Bertz CT molecular complexity index is 495. The Morgan fingerprint density at radius 1 is 1.46 bits per heavy atom. The summed E-state index contributed by atoms with van der Waals surface area (Å²) in [7, 11) is 0. The number of carbonyl (C=O) groups excluding carboxylic acids is 1. The summed E-state index contributed by atoms with van der Waals surface area (Å²) in [6, 6.07) is 0. The number of nitrogens with zero attached hydrogens (tertiary/aromatic N) is 1. The van der Waals surface area contributed by atoms with Crippen molar-refractivity contribution in [1.82, 2.24) is 4.90 Å². The summed E-state index contributed by atoms with van der Waals surface area (Å²) in [5, 5.41) is 10.2. The van der Waals surface area contributed by atoms with E-state index >= 15 is 0 Å². The van der Waals surface area contributed by atoms with Crippen molar-refractivity contribution in [3.05, 3.63) is 11.6 Å². The van der Waals surface area contributed by atoms with E-state index in [-0.39, 0.29) is 11.8 Å². The Morgan fingerprint density at radius 2 is 2.17 bits per heavy atom. The zero-order valence-corrected chi connectivity index (χ0v) is 15.0. The molecule has 1 saturated carbocycles. The van der Waals surface area contributed by atoms with Crippen molar-refractivity contribution in [2.75, 3.05) is 32.8 Å². The molecular weight excluding hydrogens is 304 g/mol. The normalized spacial score (nSPS) is 31.2. The Balaban J connectivity index is 1.34. The molecule has 4 rings (SSSR count). The van der Waals surface area contributed by atoms with E-state index in [1.54, 1.807) is 0 Å². The number of hydrogen-bond donors (Lipinski definition) is 2. The van der Waals surface area contributed by atoms with Crippen LogP contribution in [0, 0.1) is 23.2 Å². The van der Waals surface area contributed by atoms with E-state index in [1.807, 2.05) is 0 Å². The van der Waals surface area contributed by atoms with Crippen LogP contribution in [0.4, 0.5) is 0 Å². The zero-order chi connectivity index (χ0) is 17.3. The van der Waals surface area contributed by atoms with Crippen molar-refractivity contribution in [2.45, 2.75) is 45.6 Å². The molecule has 0 aromatic carbocycles. The first kappa shape index (κ1) is 17.9. The van der Waals surface area contributed by atoms with Crippen LogP contribution in [0.25, 0.3) is 0 Å². The highest BCUT2D eigenvalue weighted by atomic mass is 16.5. The second-order valence-corrected chi connectivity index (χ2v) is 8.47. The summed E-state index contributed by atoms with van der Waals surface area (Å²) < 4.78 is 5.81. The summed E-state index contributed by atoms with van der Waals surface area (Å²) in [4.78, 5) is 13.4. The van der Waals surface area contributed by atoms with Gasteiger partial charge in [0.25, 0.3) is 0 Å². The number of amides is 1. The first-order valence-corrected chi connectivity index (χ1v) is 9.34. The maximum Gasteiger partial charge on any atom is 0.220 e. The molecule has 3 N–H and O–H groups in total. The zero-order valence-electron chi connectivity index (χ0n) is 15.0. The molecule has 24 heavy (non-hydrogen) atoms. The number of allylic oxidation sites excluding steroid dienone is 1. The molecule has 0 spiro atoms. The summed E-state index contributed by atoms with van der Waals surface area (Å²) >= 11 is 0. The average Bonchev–Trinajstić information content (AvgIpc) is 2.55. The lowest BCUT2D eigenvalue weighted by molar-refractivity contribution is -0.123. The van der Waals surface area contributed by atoms with E-state index in [2.05, 4.69) is 24.8 Å². The molecule has 0 radical (unpaired) electrons. The van der Waals surface area contributed by atoms with Gasteiger partial charge in [0, 0.05) is 12.5 Å². The van der Waals surface area contributed by atoms with Crippen LogP contribution in [0.1, 0.15) is 39.5 Å². The van der Waals surface area contributed by atoms with Crippen molar-refractivity contribution < 1.29 is 14.6 Å². The van der Waals surface area contributed by atoms with Gasteiger partial charge in [-0.2, -0.15) is 0 Å². The van der Waals surface area contributed by atoms with E-state index in [4.69, 9.17) is 10.5 Å². The molecule has 3 atom stereocenters. The minimum atomic E-state index is -0.471. The lowest BCUT2D eigenvalue weighted by atomic mass is 9.49. The van der Waals surface area contributed by atoms with Crippen LogP contribution >= 0.6 is 0 Å². The van der Waals surface area contributed by atoms with Gasteiger partial charge in [0.05, 0.1) is 19.3 Å². The molecule has 1 saturated heterocycles. The summed E-state index contributed by atoms with van der Waals surface area (Å²) in [6.45, 7) is 8.03. The molecule has 5 heteroatoms. The quantitative estimate of drug-likeness (QED) is 0.692. The number of nitrogens with two attached hydrogens (primary N) is 1. The number of fused-ring (bicyclic) bond motifs is 1. The number of ether oxygens (including phenoxy) is 1. The lowest BCUT2D eigenvalue weighted by Gasteiger charge is -2.56. The first-order chi connectivity index (χ1) is 11.4. The van der Waals surface area contributed by atoms with Gasteiger partial charge in [-0.25, -0.2) is 0 Å². The summed E-state index contributed by atoms with van der Waals surface area (Å²) in [5.41, 5.74) is 7.21. The molecule has 1 aliphatic heterocycles. The van der Waals surface area contributed by atoms with Gasteiger partial charge >= 0.3 is 0 Å². The Labute approximate surface area is 145 Å². The largest absolute Gasteiger partial charge is 0.389 e. The van der Waals surface area contributed by atoms with Crippen LogP contribution in [-0.2, 0) is 9.53 Å². The molecule has 1 amide bonds. The molecule has 0 aromatic heterocycles. The molecule has 0 aromatic rings. The third-order valence-corrected chi connectivity index (χ3v) is 6.62. The van der Waals surface area contributed by atoms with Gasteiger partial charge in [-0.05, 0) is 61.6 Å². The number of aliphatic hydroxyl groups excluding tert-OH is 1. The van der Waals surface area contributed by atoms with Gasteiger partial charge in [0.15, 0.2) is 0 Å². The van der Waals surface area contributed by atoms with Crippen molar-refractivity contribution in [2.24, 2.45) is 28.9 Å². The number of β-amino-alcohol motifs (C(OH)–C–C–N with tert-alkyl or cyclic N) is 1. The molecule has 2 bridgehead atoms. The van der Waals surface area contributed by atoms with Gasteiger partial charge in [0.1, 0.15) is 0 Å². The minimum absolute atomic E-state index is 0.00235. The molecule has 5 nitrogen and oxygen atoms in total. The monoisotopic (exact) mass is 336 g/mol. The van der Waals surface area contributed by atoms with Crippen LogP contribution in [0.5, 0.6) is 0 Å². The highest BCUT2D eigenvalue weighted by Gasteiger charge is 2.50. The van der Waals surface area contributed by atoms with Crippen molar-refractivity contribution in [3.63, 3.8) is 0 Å². The van der Waals surface area contributed by atoms with Crippen LogP contribution < -0.4 is 5.73 Å². The molecule has 4 aliphatic rings. The number of likely N-dealkylation sites (tertiary alicyclic amines) is 1. The first-order valence-electron chi connectivity index (χ1n) is 9.34. The number of piperidine rings is 1. The Kier molecular flexibility index (Phi) is 5.33. The van der Waals surface area contributed by atoms with Crippen molar-refractivity contribution in [1.29, 1.82) is 0 Å². The average molecular weight is 336 g/mol. The summed E-state index contributed by atoms with van der Waals surface area (Å²) in [5.74, 6) is 1.32. The fraction of sp³-hybridized carbons (Fsp3) is 0.842. The maximum absolute atomic E-state index is 11.2. The van der Waals surface area contributed by atoms with Gasteiger partial charge in [-0.15, -0.1) is 0 Å².